The van der Waals surface area contributed by atoms with Crippen LogP contribution in [0.3, 0.4) is 0 Å². The van der Waals surface area contributed by atoms with E-state index < -0.39 is 0 Å². The molecule has 0 saturated heterocycles. The summed E-state index contributed by atoms with van der Waals surface area (Å²) < 4.78 is 1.16. The molecule has 2 aromatic rings. The van der Waals surface area contributed by atoms with Crippen LogP contribution in [0, 0.1) is 12.8 Å². The maximum atomic E-state index is 3.78. The zero-order valence-corrected chi connectivity index (χ0v) is 13.6. The Hall–Kier alpha value is -1.54. The van der Waals surface area contributed by atoms with Crippen LogP contribution in [0.5, 0.6) is 0 Å². The number of rotatable bonds is 1. The summed E-state index contributed by atoms with van der Waals surface area (Å²) in [6.07, 6.45) is 5.89. The Morgan fingerprint density at radius 3 is 2.90 bits per heavy atom. The summed E-state index contributed by atoms with van der Waals surface area (Å²) in [4.78, 5) is 0. The van der Waals surface area contributed by atoms with E-state index in [4.69, 9.17) is 0 Å². The second-order valence-electron chi connectivity index (χ2n) is 6.12. The molecule has 0 fully saturated rings. The summed E-state index contributed by atoms with van der Waals surface area (Å²) in [6, 6.07) is 15.9. The molecule has 1 N–H and O–H groups in total. The minimum atomic E-state index is 0.401. The lowest BCUT2D eigenvalue weighted by molar-refractivity contribution is 0.425. The molecule has 1 nitrogen and oxygen atoms in total. The van der Waals surface area contributed by atoms with Crippen molar-refractivity contribution in [2.75, 3.05) is 5.32 Å². The molecular weight excluding hydrogens is 322 g/mol. The molecule has 0 aromatic heterocycles. The van der Waals surface area contributed by atoms with Gasteiger partial charge in [0.05, 0.1) is 6.04 Å². The average molecular weight is 340 g/mol. The Labute approximate surface area is 134 Å². The predicted octanol–water partition coefficient (Wildman–Crippen LogP) is 5.58. The third-order valence-corrected chi connectivity index (χ3v) is 5.22. The molecule has 2 aromatic carbocycles. The van der Waals surface area contributed by atoms with Crippen LogP contribution in [0.15, 0.2) is 59.1 Å². The van der Waals surface area contributed by atoms with E-state index in [-0.39, 0.29) is 0 Å². The summed E-state index contributed by atoms with van der Waals surface area (Å²) in [6.45, 7) is 2.17. The van der Waals surface area contributed by atoms with Gasteiger partial charge >= 0.3 is 0 Å². The Morgan fingerprint density at radius 1 is 1.14 bits per heavy atom. The lowest BCUT2D eigenvalue weighted by atomic mass is 9.77. The molecule has 0 saturated carbocycles. The number of benzene rings is 2. The number of fused-ring (bicyclic) bond motifs is 3. The number of hydrogen-bond donors (Lipinski definition) is 1. The number of allylic oxidation sites excluding steroid dienone is 2. The monoisotopic (exact) mass is 339 g/mol. The van der Waals surface area contributed by atoms with Crippen LogP contribution in [0.4, 0.5) is 5.69 Å². The molecule has 0 unspecified atom stereocenters. The summed E-state index contributed by atoms with van der Waals surface area (Å²) >= 11 is 3.61. The van der Waals surface area contributed by atoms with E-state index >= 15 is 0 Å². The molecule has 106 valence electrons. The highest BCUT2D eigenvalue weighted by Gasteiger charge is 2.37. The van der Waals surface area contributed by atoms with E-state index in [0.29, 0.717) is 17.9 Å². The highest BCUT2D eigenvalue weighted by Crippen LogP contribution is 2.50. The Morgan fingerprint density at radius 2 is 2.05 bits per heavy atom. The van der Waals surface area contributed by atoms with Crippen molar-refractivity contribution >= 4 is 21.6 Å². The minimum Gasteiger partial charge on any atom is -0.378 e. The molecule has 1 aliphatic carbocycles. The van der Waals surface area contributed by atoms with Crippen LogP contribution >= 0.6 is 15.9 Å². The normalized spacial score (nSPS) is 26.1. The number of halogens is 1. The smallest absolute Gasteiger partial charge is 0.0554 e. The van der Waals surface area contributed by atoms with E-state index in [1.165, 1.54) is 22.4 Å². The number of hydrogen-bond acceptors (Lipinski definition) is 1. The van der Waals surface area contributed by atoms with Crippen LogP contribution in [-0.2, 0) is 0 Å². The first-order valence-electron chi connectivity index (χ1n) is 7.51. The van der Waals surface area contributed by atoms with Gasteiger partial charge in [-0.1, -0.05) is 57.9 Å². The molecule has 0 amide bonds. The Bertz CT molecular complexity index is 719. The third-order valence-electron chi connectivity index (χ3n) is 4.73. The van der Waals surface area contributed by atoms with Crippen molar-refractivity contribution in [2.24, 2.45) is 5.92 Å². The van der Waals surface area contributed by atoms with E-state index in [0.717, 1.165) is 10.9 Å². The van der Waals surface area contributed by atoms with E-state index in [1.54, 1.807) is 0 Å². The van der Waals surface area contributed by atoms with Gasteiger partial charge in [-0.25, -0.2) is 0 Å². The second-order valence-corrected chi connectivity index (χ2v) is 7.04. The lowest BCUT2D eigenvalue weighted by Gasteiger charge is -2.37. The Kier molecular flexibility index (Phi) is 3.15. The minimum absolute atomic E-state index is 0.401. The van der Waals surface area contributed by atoms with Crippen molar-refractivity contribution in [2.45, 2.75) is 25.3 Å². The van der Waals surface area contributed by atoms with Crippen LogP contribution in [0.1, 0.15) is 35.1 Å². The zero-order valence-electron chi connectivity index (χ0n) is 12.0. The van der Waals surface area contributed by atoms with Crippen LogP contribution < -0.4 is 5.32 Å². The summed E-state index contributed by atoms with van der Waals surface area (Å²) in [5, 5.41) is 3.78. The van der Waals surface area contributed by atoms with Crippen molar-refractivity contribution in [1.29, 1.82) is 0 Å². The van der Waals surface area contributed by atoms with Gasteiger partial charge in [-0.15, -0.1) is 0 Å². The van der Waals surface area contributed by atoms with E-state index in [9.17, 15) is 0 Å². The highest BCUT2D eigenvalue weighted by molar-refractivity contribution is 9.10. The quantitative estimate of drug-likeness (QED) is 0.668. The maximum Gasteiger partial charge on any atom is 0.0554 e. The molecule has 0 bridgehead atoms. The van der Waals surface area contributed by atoms with Gasteiger partial charge < -0.3 is 5.32 Å². The first-order valence-corrected chi connectivity index (χ1v) is 8.31. The van der Waals surface area contributed by atoms with Gasteiger partial charge in [-0.05, 0) is 48.6 Å². The fourth-order valence-corrected chi connectivity index (χ4v) is 4.14. The van der Waals surface area contributed by atoms with Gasteiger partial charge in [0.15, 0.2) is 0 Å². The number of nitrogens with one attached hydrogen (secondary N) is 1. The SMILES string of the molecule is Cc1cccc([C@@H]2Nc3ccc(Br)cc3[C@@H]3C=CC[C@@H]32)c1. The van der Waals surface area contributed by atoms with Gasteiger partial charge in [0.1, 0.15) is 0 Å². The molecule has 21 heavy (non-hydrogen) atoms. The molecule has 1 heterocycles. The topological polar surface area (TPSA) is 12.0 Å². The van der Waals surface area contributed by atoms with E-state index in [2.05, 4.69) is 82.8 Å². The van der Waals surface area contributed by atoms with Crippen LogP contribution in [-0.4, -0.2) is 0 Å². The molecule has 0 spiro atoms. The lowest BCUT2D eigenvalue weighted by Crippen LogP contribution is -2.29. The standard InChI is InChI=1S/C19H18BrN/c1-12-4-2-5-13(10-12)19-16-7-3-6-15(16)17-11-14(20)8-9-18(17)21-19/h2-6,8-11,15-16,19,21H,7H2,1H3/t15-,16+,19+/m1/s1. The molecule has 3 atom stereocenters. The molecule has 2 aliphatic rings. The van der Waals surface area contributed by atoms with E-state index in [1.807, 2.05) is 0 Å². The van der Waals surface area contributed by atoms with Crippen molar-refractivity contribution in [3.63, 3.8) is 0 Å². The first-order chi connectivity index (χ1) is 10.2. The highest BCUT2D eigenvalue weighted by atomic mass is 79.9. The van der Waals surface area contributed by atoms with Crippen LogP contribution in [0.2, 0.25) is 0 Å². The Balaban J connectivity index is 1.80. The molecule has 0 radical (unpaired) electrons. The summed E-state index contributed by atoms with van der Waals surface area (Å²) in [7, 11) is 0. The number of anilines is 1. The van der Waals surface area contributed by atoms with Gasteiger partial charge in [0, 0.05) is 16.1 Å². The van der Waals surface area contributed by atoms with Crippen molar-refractivity contribution in [1.82, 2.24) is 0 Å². The molecule has 1 aliphatic heterocycles. The largest absolute Gasteiger partial charge is 0.378 e. The van der Waals surface area contributed by atoms with Gasteiger partial charge in [0.2, 0.25) is 0 Å². The maximum absolute atomic E-state index is 3.78. The van der Waals surface area contributed by atoms with Gasteiger partial charge in [-0.2, -0.15) is 0 Å². The first kappa shape index (κ1) is 13.1. The van der Waals surface area contributed by atoms with Gasteiger partial charge in [0.25, 0.3) is 0 Å². The molecule has 4 rings (SSSR count). The average Bonchev–Trinajstić information content (AvgIpc) is 2.96. The van der Waals surface area contributed by atoms with Gasteiger partial charge in [-0.3, -0.25) is 0 Å². The predicted molar refractivity (Wildman–Crippen MR) is 91.7 cm³/mol. The zero-order chi connectivity index (χ0) is 14.4. The van der Waals surface area contributed by atoms with Crippen molar-refractivity contribution in [3.8, 4) is 0 Å². The van der Waals surface area contributed by atoms with Crippen molar-refractivity contribution in [3.05, 3.63) is 75.8 Å². The number of aryl methyl sites for hydroxylation is 1. The molecule has 2 heteroatoms. The third kappa shape index (κ3) is 2.22. The fraction of sp³-hybridized carbons (Fsp3) is 0.263. The molecular formula is C19H18BrN. The van der Waals surface area contributed by atoms with Crippen molar-refractivity contribution < 1.29 is 0 Å². The summed E-state index contributed by atoms with van der Waals surface area (Å²) in [5.41, 5.74) is 5.44. The fourth-order valence-electron chi connectivity index (χ4n) is 3.76. The van der Waals surface area contributed by atoms with Crippen LogP contribution in [0.25, 0.3) is 0 Å². The second kappa shape index (κ2) is 5.03. The summed E-state index contributed by atoms with van der Waals surface area (Å²) in [5.74, 6) is 1.15.